The van der Waals surface area contributed by atoms with E-state index >= 15 is 0 Å². The van der Waals surface area contributed by atoms with Crippen molar-refractivity contribution in [2.75, 3.05) is 6.61 Å². The predicted octanol–water partition coefficient (Wildman–Crippen LogP) is 3.45. The van der Waals surface area contributed by atoms with E-state index in [4.69, 9.17) is 10.00 Å². The Labute approximate surface area is 109 Å². The molecule has 0 fully saturated rings. The monoisotopic (exact) mass is 247 g/mol. The maximum absolute atomic E-state index is 9.88. The van der Waals surface area contributed by atoms with E-state index in [1.54, 1.807) is 0 Å². The van der Waals surface area contributed by atoms with Crippen LogP contribution < -0.4 is 4.74 Å². The summed E-state index contributed by atoms with van der Waals surface area (Å²) in [7, 11) is 0. The van der Waals surface area contributed by atoms with Crippen molar-refractivity contribution in [1.29, 1.82) is 5.26 Å². The van der Waals surface area contributed by atoms with Crippen LogP contribution in [0.2, 0.25) is 0 Å². The highest BCUT2D eigenvalue weighted by molar-refractivity contribution is 5.35. The summed E-state index contributed by atoms with van der Waals surface area (Å²) >= 11 is 0. The van der Waals surface area contributed by atoms with Crippen molar-refractivity contribution in [1.82, 2.24) is 0 Å². The minimum Gasteiger partial charge on any atom is -0.493 e. The highest BCUT2D eigenvalue weighted by atomic mass is 16.5. The highest BCUT2D eigenvalue weighted by Gasteiger charge is 2.17. The van der Waals surface area contributed by atoms with Crippen LogP contribution in [0.4, 0.5) is 0 Å². The fourth-order valence-corrected chi connectivity index (χ4v) is 1.58. The molecule has 0 unspecified atom stereocenters. The number of aliphatic hydroxyl groups is 1. The van der Waals surface area contributed by atoms with E-state index in [9.17, 15) is 5.11 Å². The van der Waals surface area contributed by atoms with Gasteiger partial charge in [-0.1, -0.05) is 25.1 Å². The Kier molecular flexibility index (Phi) is 5.18. The molecular weight excluding hydrogens is 226 g/mol. The van der Waals surface area contributed by atoms with Crippen LogP contribution in [0.5, 0.6) is 5.75 Å². The average molecular weight is 247 g/mol. The van der Waals surface area contributed by atoms with Crippen molar-refractivity contribution in [2.45, 2.75) is 39.7 Å². The first kappa shape index (κ1) is 14.5. The van der Waals surface area contributed by atoms with Gasteiger partial charge in [-0.3, -0.25) is 0 Å². The van der Waals surface area contributed by atoms with Gasteiger partial charge in [0.2, 0.25) is 0 Å². The fraction of sp³-hybridized carbons (Fsp3) is 0.533. The number of hydrogen-bond donors (Lipinski definition) is 1. The van der Waals surface area contributed by atoms with Gasteiger partial charge in [0, 0.05) is 5.56 Å². The van der Waals surface area contributed by atoms with Gasteiger partial charge >= 0.3 is 0 Å². The molecule has 0 aliphatic heterocycles. The summed E-state index contributed by atoms with van der Waals surface area (Å²) in [4.78, 5) is 0. The molecular formula is C15H21NO2. The summed E-state index contributed by atoms with van der Waals surface area (Å²) in [5.74, 6) is 0.709. The SMILES string of the molecule is CC[C@H](O)c1ccccc1OCCC(C)(C)C#N. The van der Waals surface area contributed by atoms with Gasteiger partial charge in [-0.05, 0) is 32.8 Å². The lowest BCUT2D eigenvalue weighted by atomic mass is 9.92. The van der Waals surface area contributed by atoms with Gasteiger partial charge in [-0.2, -0.15) is 5.26 Å². The van der Waals surface area contributed by atoms with Crippen LogP contribution in [0.3, 0.4) is 0 Å². The normalized spacial score (nSPS) is 12.8. The third-order valence-electron chi connectivity index (χ3n) is 2.95. The Morgan fingerprint density at radius 3 is 2.67 bits per heavy atom. The average Bonchev–Trinajstić information content (AvgIpc) is 2.38. The van der Waals surface area contributed by atoms with E-state index < -0.39 is 6.10 Å². The molecule has 0 heterocycles. The van der Waals surface area contributed by atoms with Crippen molar-refractivity contribution in [3.8, 4) is 11.8 Å². The number of nitrogens with zero attached hydrogens (tertiary/aromatic N) is 1. The van der Waals surface area contributed by atoms with Gasteiger partial charge in [-0.25, -0.2) is 0 Å². The van der Waals surface area contributed by atoms with E-state index in [2.05, 4.69) is 6.07 Å². The molecule has 3 heteroatoms. The molecule has 1 aromatic rings. The molecule has 0 spiro atoms. The highest BCUT2D eigenvalue weighted by Crippen LogP contribution is 2.28. The zero-order valence-electron chi connectivity index (χ0n) is 11.3. The lowest BCUT2D eigenvalue weighted by Crippen LogP contribution is -2.14. The molecule has 0 aromatic heterocycles. The van der Waals surface area contributed by atoms with Gasteiger partial charge in [0.15, 0.2) is 0 Å². The van der Waals surface area contributed by atoms with Crippen LogP contribution in [-0.4, -0.2) is 11.7 Å². The summed E-state index contributed by atoms with van der Waals surface area (Å²) in [5, 5.41) is 18.8. The second-order valence-corrected chi connectivity index (χ2v) is 5.06. The minimum atomic E-state index is -0.495. The van der Waals surface area contributed by atoms with Crippen molar-refractivity contribution in [3.05, 3.63) is 29.8 Å². The molecule has 0 saturated heterocycles. The predicted molar refractivity (Wildman–Crippen MR) is 71.2 cm³/mol. The number of hydrogen-bond acceptors (Lipinski definition) is 3. The van der Waals surface area contributed by atoms with Crippen molar-refractivity contribution in [3.63, 3.8) is 0 Å². The number of para-hydroxylation sites is 1. The third kappa shape index (κ3) is 4.05. The lowest BCUT2D eigenvalue weighted by Gasteiger charge is -2.18. The molecule has 1 N–H and O–H groups in total. The molecule has 0 amide bonds. The number of benzene rings is 1. The smallest absolute Gasteiger partial charge is 0.125 e. The largest absolute Gasteiger partial charge is 0.493 e. The van der Waals surface area contributed by atoms with Crippen molar-refractivity contribution < 1.29 is 9.84 Å². The number of nitriles is 1. The zero-order chi connectivity index (χ0) is 13.6. The first-order valence-electron chi connectivity index (χ1n) is 6.31. The standard InChI is InChI=1S/C15H21NO2/c1-4-13(17)12-7-5-6-8-14(12)18-10-9-15(2,3)11-16/h5-8,13,17H,4,9-10H2,1-3H3/t13-/m0/s1. The van der Waals surface area contributed by atoms with E-state index in [0.717, 1.165) is 5.56 Å². The Balaban J connectivity index is 2.66. The Morgan fingerprint density at radius 1 is 1.39 bits per heavy atom. The fourth-order valence-electron chi connectivity index (χ4n) is 1.58. The van der Waals surface area contributed by atoms with Crippen LogP contribution in [0, 0.1) is 16.7 Å². The van der Waals surface area contributed by atoms with Crippen LogP contribution in [0.1, 0.15) is 45.3 Å². The van der Waals surface area contributed by atoms with E-state index in [1.807, 2.05) is 45.0 Å². The Hall–Kier alpha value is -1.53. The van der Waals surface area contributed by atoms with Crippen molar-refractivity contribution >= 4 is 0 Å². The van der Waals surface area contributed by atoms with Gasteiger partial charge in [0.25, 0.3) is 0 Å². The summed E-state index contributed by atoms with van der Waals surface area (Å²) < 4.78 is 5.69. The molecule has 1 aromatic carbocycles. The summed E-state index contributed by atoms with van der Waals surface area (Å²) in [6.45, 7) is 6.19. The maximum Gasteiger partial charge on any atom is 0.125 e. The first-order valence-corrected chi connectivity index (χ1v) is 6.31. The first-order chi connectivity index (χ1) is 8.50. The molecule has 1 rings (SSSR count). The number of aliphatic hydroxyl groups excluding tert-OH is 1. The molecule has 98 valence electrons. The number of rotatable bonds is 6. The van der Waals surface area contributed by atoms with E-state index in [-0.39, 0.29) is 5.41 Å². The van der Waals surface area contributed by atoms with Gasteiger partial charge in [0.1, 0.15) is 5.75 Å². The molecule has 0 radical (unpaired) electrons. The summed E-state index contributed by atoms with van der Waals surface area (Å²) in [5.41, 5.74) is 0.438. The summed E-state index contributed by atoms with van der Waals surface area (Å²) in [6, 6.07) is 9.75. The topological polar surface area (TPSA) is 53.2 Å². The molecule has 0 aliphatic rings. The van der Waals surface area contributed by atoms with Gasteiger partial charge in [-0.15, -0.1) is 0 Å². The quantitative estimate of drug-likeness (QED) is 0.837. The van der Waals surface area contributed by atoms with Gasteiger partial charge in [0.05, 0.1) is 24.2 Å². The molecule has 0 aliphatic carbocycles. The molecule has 1 atom stereocenters. The molecule has 0 bridgehead atoms. The second kappa shape index (κ2) is 6.42. The lowest BCUT2D eigenvalue weighted by molar-refractivity contribution is 0.165. The third-order valence-corrected chi connectivity index (χ3v) is 2.95. The van der Waals surface area contributed by atoms with E-state index in [0.29, 0.717) is 25.2 Å². The molecule has 3 nitrogen and oxygen atoms in total. The second-order valence-electron chi connectivity index (χ2n) is 5.06. The Morgan fingerprint density at radius 2 is 2.06 bits per heavy atom. The zero-order valence-corrected chi connectivity index (χ0v) is 11.3. The molecule has 18 heavy (non-hydrogen) atoms. The van der Waals surface area contributed by atoms with Crippen LogP contribution in [0.15, 0.2) is 24.3 Å². The minimum absolute atomic E-state index is 0.377. The summed E-state index contributed by atoms with van der Waals surface area (Å²) in [6.07, 6.45) is 0.828. The van der Waals surface area contributed by atoms with Crippen LogP contribution in [-0.2, 0) is 0 Å². The molecule has 0 saturated carbocycles. The maximum atomic E-state index is 9.88. The van der Waals surface area contributed by atoms with E-state index in [1.165, 1.54) is 0 Å². The van der Waals surface area contributed by atoms with Gasteiger partial charge < -0.3 is 9.84 Å². The van der Waals surface area contributed by atoms with Crippen LogP contribution >= 0.6 is 0 Å². The van der Waals surface area contributed by atoms with Crippen LogP contribution in [0.25, 0.3) is 0 Å². The number of ether oxygens (including phenoxy) is 1. The van der Waals surface area contributed by atoms with Crippen molar-refractivity contribution in [2.24, 2.45) is 5.41 Å². The Bertz CT molecular complexity index is 421.